The summed E-state index contributed by atoms with van der Waals surface area (Å²) in [5, 5.41) is 14.4. The first-order valence-electron chi connectivity index (χ1n) is 12.3. The average molecular weight is 501 g/mol. The zero-order valence-electron chi connectivity index (χ0n) is 20.9. The van der Waals surface area contributed by atoms with Gasteiger partial charge in [-0.15, -0.1) is 0 Å². The molecule has 3 aliphatic rings. The van der Waals surface area contributed by atoms with Gasteiger partial charge in [-0.3, -0.25) is 15.2 Å². The minimum absolute atomic E-state index is 0.0679. The molecule has 0 radical (unpaired) electrons. The Hall–Kier alpha value is -2.68. The number of hydrogen-bond acceptors (Lipinski definition) is 8. The van der Waals surface area contributed by atoms with Crippen molar-refractivity contribution < 1.29 is 9.84 Å². The van der Waals surface area contributed by atoms with Crippen molar-refractivity contribution in [2.45, 2.75) is 45.2 Å². The van der Waals surface area contributed by atoms with Crippen LogP contribution in [0.1, 0.15) is 38.7 Å². The minimum Gasteiger partial charge on any atom is -0.495 e. The molecule has 0 amide bonds. The Kier molecular flexibility index (Phi) is 7.94. The van der Waals surface area contributed by atoms with E-state index in [2.05, 4.69) is 52.1 Å². The van der Waals surface area contributed by atoms with Gasteiger partial charge in [-0.05, 0) is 43.9 Å². The van der Waals surface area contributed by atoms with Crippen molar-refractivity contribution in [3.8, 4) is 5.75 Å². The third-order valence-electron chi connectivity index (χ3n) is 6.88. The largest absolute Gasteiger partial charge is 0.495 e. The van der Waals surface area contributed by atoms with Crippen molar-refractivity contribution in [2.75, 3.05) is 40.0 Å². The molecule has 0 fully saturated rings. The van der Waals surface area contributed by atoms with E-state index < -0.39 is 0 Å². The number of aliphatic hydroxyl groups excluding tert-OH is 1. The molecule has 0 saturated heterocycles. The molecule has 1 aromatic carbocycles. The number of aliphatic imine (C=N–C) groups is 1. The Labute approximate surface area is 213 Å². The maximum Gasteiger partial charge on any atom is 0.207 e. The molecule has 0 saturated carbocycles. The molecule has 0 unspecified atom stereocenters. The van der Waals surface area contributed by atoms with Crippen LogP contribution in [-0.2, 0) is 6.54 Å². The number of hydrogen-bond donors (Lipinski definition) is 3. The molecule has 4 rings (SSSR count). The first-order chi connectivity index (χ1) is 17.0. The van der Waals surface area contributed by atoms with Crippen LogP contribution in [0, 0.1) is 0 Å². The van der Waals surface area contributed by atoms with E-state index in [1.165, 1.54) is 0 Å². The summed E-state index contributed by atoms with van der Waals surface area (Å²) in [4.78, 5) is 11.3. The van der Waals surface area contributed by atoms with Gasteiger partial charge in [-0.1, -0.05) is 42.8 Å². The summed E-state index contributed by atoms with van der Waals surface area (Å²) in [5.41, 5.74) is 9.57. The Morgan fingerprint density at radius 3 is 2.71 bits per heavy atom. The van der Waals surface area contributed by atoms with E-state index in [4.69, 9.17) is 27.1 Å². The Balaban J connectivity index is 1.74. The fraction of sp³-hybridized carbons (Fsp3) is 0.500. The number of aliphatic hydroxyl groups is 1. The number of rotatable bonds is 10. The molecule has 2 aliphatic heterocycles. The van der Waals surface area contributed by atoms with Gasteiger partial charge in [0.1, 0.15) is 17.3 Å². The van der Waals surface area contributed by atoms with Crippen molar-refractivity contribution >= 4 is 17.6 Å². The van der Waals surface area contributed by atoms with Crippen LogP contribution in [0.5, 0.6) is 5.75 Å². The molecule has 0 atom stereocenters. The van der Waals surface area contributed by atoms with Crippen LogP contribution >= 0.6 is 11.6 Å². The van der Waals surface area contributed by atoms with Crippen LogP contribution in [0.2, 0.25) is 5.02 Å². The molecule has 4 N–H and O–H groups in total. The smallest absolute Gasteiger partial charge is 0.207 e. The van der Waals surface area contributed by atoms with E-state index in [-0.39, 0.29) is 12.1 Å². The predicted octanol–water partition coefficient (Wildman–Crippen LogP) is 3.21. The summed E-state index contributed by atoms with van der Waals surface area (Å²) in [6, 6.07) is 5.86. The Morgan fingerprint density at radius 2 is 2.09 bits per heavy atom. The number of ether oxygens (including phenoxy) is 1. The van der Waals surface area contributed by atoms with E-state index in [9.17, 15) is 5.11 Å². The highest BCUT2D eigenvalue weighted by molar-refractivity contribution is 6.32. The fourth-order valence-electron chi connectivity index (χ4n) is 4.96. The number of fused-ring (bicyclic) bond motifs is 1. The van der Waals surface area contributed by atoms with Gasteiger partial charge in [0, 0.05) is 25.2 Å². The molecular weight excluding hydrogens is 464 g/mol. The van der Waals surface area contributed by atoms with Crippen molar-refractivity contribution in [1.29, 1.82) is 0 Å². The number of likely N-dealkylation sites (N-methyl/N-ethyl adjacent to an activating group) is 1. The zero-order chi connectivity index (χ0) is 25.0. The van der Waals surface area contributed by atoms with E-state index in [1.807, 2.05) is 18.2 Å². The normalized spacial score (nSPS) is 20.0. The van der Waals surface area contributed by atoms with E-state index >= 15 is 0 Å². The first-order valence-corrected chi connectivity index (χ1v) is 12.7. The summed E-state index contributed by atoms with van der Waals surface area (Å²) in [6.45, 7) is 7.72. The van der Waals surface area contributed by atoms with Crippen molar-refractivity contribution in [2.24, 2.45) is 10.7 Å². The number of nitrogens with two attached hydrogens (primary N) is 1. The van der Waals surface area contributed by atoms with Crippen LogP contribution in [-0.4, -0.2) is 71.3 Å². The molecule has 1 aromatic rings. The molecule has 0 bridgehead atoms. The molecule has 2 heterocycles. The van der Waals surface area contributed by atoms with Gasteiger partial charge in [-0.25, -0.2) is 0 Å². The van der Waals surface area contributed by atoms with Crippen molar-refractivity contribution in [1.82, 2.24) is 20.0 Å². The average Bonchev–Trinajstić information content (AvgIpc) is 3.54. The zero-order valence-corrected chi connectivity index (χ0v) is 21.7. The highest BCUT2D eigenvalue weighted by Crippen LogP contribution is 2.34. The second kappa shape index (κ2) is 10.9. The summed E-state index contributed by atoms with van der Waals surface area (Å²) < 4.78 is 5.35. The number of nitrogens with zero attached hydrogens (tertiary/aromatic N) is 4. The fourth-order valence-corrected chi connectivity index (χ4v) is 5.24. The van der Waals surface area contributed by atoms with Crippen LogP contribution in [0.4, 0.5) is 0 Å². The molecule has 1 aliphatic carbocycles. The van der Waals surface area contributed by atoms with Crippen LogP contribution < -0.4 is 15.8 Å². The van der Waals surface area contributed by atoms with Gasteiger partial charge < -0.3 is 25.4 Å². The maximum atomic E-state index is 10.2. The molecule has 8 nitrogen and oxygen atoms in total. The Morgan fingerprint density at radius 1 is 1.31 bits per heavy atom. The Bertz CT molecular complexity index is 1040. The standard InChI is InChI=1S/C26H37ClN6O2/c1-4-8-21-23(24(28)33-14-13-29-25(33)32(21)5-2)31(18-30-26(17-34)11-6-7-12-26)16-19-9-10-22(35-3)20(27)15-19/h6-10,15,30,34H,4-5,11-14,16-18,28H2,1-3H3/b21-8-. The second-order valence-corrected chi connectivity index (χ2v) is 9.54. The molecule has 0 spiro atoms. The predicted molar refractivity (Wildman–Crippen MR) is 141 cm³/mol. The number of methoxy groups -OCH3 is 1. The molecular formula is C26H37ClN6O2. The van der Waals surface area contributed by atoms with Crippen LogP contribution in [0.15, 0.2) is 58.6 Å². The lowest BCUT2D eigenvalue weighted by atomic mass is 9.98. The second-order valence-electron chi connectivity index (χ2n) is 9.13. The first kappa shape index (κ1) is 25.4. The van der Waals surface area contributed by atoms with Gasteiger partial charge in [0.05, 0.1) is 37.6 Å². The van der Waals surface area contributed by atoms with E-state index in [0.29, 0.717) is 29.8 Å². The third-order valence-corrected chi connectivity index (χ3v) is 7.17. The van der Waals surface area contributed by atoms with Gasteiger partial charge >= 0.3 is 0 Å². The van der Waals surface area contributed by atoms with Crippen molar-refractivity contribution in [3.63, 3.8) is 0 Å². The molecule has 35 heavy (non-hydrogen) atoms. The topological polar surface area (TPSA) is 89.6 Å². The number of halogens is 1. The van der Waals surface area contributed by atoms with Crippen molar-refractivity contribution in [3.05, 3.63) is 64.2 Å². The summed E-state index contributed by atoms with van der Waals surface area (Å²) in [6.07, 6.45) is 8.93. The van der Waals surface area contributed by atoms with E-state index in [1.54, 1.807) is 7.11 Å². The van der Waals surface area contributed by atoms with Gasteiger partial charge in [-0.2, -0.15) is 0 Å². The van der Waals surface area contributed by atoms with E-state index in [0.717, 1.165) is 61.8 Å². The number of benzene rings is 1. The highest BCUT2D eigenvalue weighted by atomic mass is 35.5. The minimum atomic E-state index is -0.362. The number of allylic oxidation sites excluding steroid dienone is 1. The summed E-state index contributed by atoms with van der Waals surface area (Å²) in [5.74, 6) is 2.27. The lowest BCUT2D eigenvalue weighted by Gasteiger charge is -2.43. The molecule has 0 aromatic heterocycles. The lowest BCUT2D eigenvalue weighted by Crippen LogP contribution is -2.54. The SMILES string of the molecule is CC/C=C1/C(N(CNC2(CO)CC=CC2)Cc2ccc(OC)c(Cl)c2)=C(N)N2CCN=C2N1CC. The maximum absolute atomic E-state index is 10.2. The number of guanidine groups is 1. The number of nitrogens with one attached hydrogen (secondary N) is 1. The summed E-state index contributed by atoms with van der Waals surface area (Å²) in [7, 11) is 1.62. The molecule has 9 heteroatoms. The van der Waals surface area contributed by atoms with Crippen LogP contribution in [0.3, 0.4) is 0 Å². The van der Waals surface area contributed by atoms with Gasteiger partial charge in [0.15, 0.2) is 0 Å². The van der Waals surface area contributed by atoms with Gasteiger partial charge in [0.25, 0.3) is 0 Å². The summed E-state index contributed by atoms with van der Waals surface area (Å²) >= 11 is 6.47. The third kappa shape index (κ3) is 5.01. The lowest BCUT2D eigenvalue weighted by molar-refractivity contribution is 0.143. The van der Waals surface area contributed by atoms with Gasteiger partial charge in [0.2, 0.25) is 5.96 Å². The van der Waals surface area contributed by atoms with Crippen LogP contribution in [0.25, 0.3) is 0 Å². The monoisotopic (exact) mass is 500 g/mol. The quantitative estimate of drug-likeness (QED) is 0.336. The molecule has 190 valence electrons. The highest BCUT2D eigenvalue weighted by Gasteiger charge is 2.38.